The Morgan fingerprint density at radius 3 is 1.68 bits per heavy atom. The minimum Gasteiger partial charge on any atom is -0.455 e. The Kier molecular flexibility index (Phi) is 5.57. The highest BCUT2D eigenvalue weighted by atomic mass is 16.3. The van der Waals surface area contributed by atoms with Gasteiger partial charge in [-0.2, -0.15) is 0 Å². The van der Waals surface area contributed by atoms with Crippen LogP contribution in [0.15, 0.2) is 173 Å². The van der Waals surface area contributed by atoms with Crippen molar-refractivity contribution in [1.82, 2.24) is 0 Å². The van der Waals surface area contributed by atoms with Crippen LogP contribution in [0.5, 0.6) is 0 Å². The second kappa shape index (κ2) is 10.1. The number of nitrogens with zero attached hydrogens (tertiary/aromatic N) is 1. The number of fused-ring (bicyclic) bond motifs is 9. The lowest BCUT2D eigenvalue weighted by Crippen LogP contribution is -2.10. The first-order chi connectivity index (χ1) is 23.3. The van der Waals surface area contributed by atoms with Crippen molar-refractivity contribution in [2.75, 3.05) is 4.90 Å². The summed E-state index contributed by atoms with van der Waals surface area (Å²) in [6.07, 6.45) is 0. The van der Waals surface area contributed by atoms with E-state index in [9.17, 15) is 0 Å². The first-order valence-electron chi connectivity index (χ1n) is 15.9. The Balaban J connectivity index is 1.19. The fourth-order valence-corrected chi connectivity index (χ4v) is 7.23. The molecule has 0 aliphatic heterocycles. The van der Waals surface area contributed by atoms with Crippen LogP contribution in [0, 0.1) is 0 Å². The summed E-state index contributed by atoms with van der Waals surface area (Å²) in [6.45, 7) is 0. The molecule has 10 aromatic rings. The van der Waals surface area contributed by atoms with Gasteiger partial charge in [-0.3, -0.25) is 0 Å². The molecule has 0 aliphatic carbocycles. The molecular weight excluding hydrogens is 574 g/mol. The van der Waals surface area contributed by atoms with Crippen molar-refractivity contribution < 1.29 is 8.83 Å². The van der Waals surface area contributed by atoms with Crippen molar-refractivity contribution >= 4 is 82.5 Å². The summed E-state index contributed by atoms with van der Waals surface area (Å²) >= 11 is 0. The van der Waals surface area contributed by atoms with E-state index in [-0.39, 0.29) is 0 Å². The van der Waals surface area contributed by atoms with E-state index in [4.69, 9.17) is 8.83 Å². The van der Waals surface area contributed by atoms with Crippen LogP contribution in [0.1, 0.15) is 0 Å². The highest BCUT2D eigenvalue weighted by Gasteiger charge is 2.20. The summed E-state index contributed by atoms with van der Waals surface area (Å²) in [4.78, 5) is 2.32. The van der Waals surface area contributed by atoms with Crippen molar-refractivity contribution in [2.24, 2.45) is 0 Å². The SMILES string of the molecule is c1ccc2c(c1)ccc1ccc(N(c3ccc(-c4cccc5c4oc4ccccc45)cc3)c3cccc4c3oc3ccccc34)cc12. The lowest BCUT2D eigenvalue weighted by molar-refractivity contribution is 0.669. The molecule has 10 rings (SSSR count). The van der Waals surface area contributed by atoms with Crippen LogP contribution in [0.25, 0.3) is 76.5 Å². The van der Waals surface area contributed by atoms with E-state index in [0.29, 0.717) is 0 Å². The fourth-order valence-electron chi connectivity index (χ4n) is 7.23. The van der Waals surface area contributed by atoms with E-state index in [1.165, 1.54) is 21.5 Å². The molecule has 8 aromatic carbocycles. The molecule has 3 heteroatoms. The van der Waals surface area contributed by atoms with Crippen LogP contribution >= 0.6 is 0 Å². The maximum Gasteiger partial charge on any atom is 0.159 e. The Hall–Kier alpha value is -6.32. The number of anilines is 3. The zero-order valence-electron chi connectivity index (χ0n) is 25.4. The molecule has 3 nitrogen and oxygen atoms in total. The van der Waals surface area contributed by atoms with Gasteiger partial charge in [0.15, 0.2) is 5.58 Å². The second-order valence-electron chi connectivity index (χ2n) is 12.1. The molecule has 0 spiro atoms. The van der Waals surface area contributed by atoms with E-state index >= 15 is 0 Å². The first-order valence-corrected chi connectivity index (χ1v) is 15.9. The number of benzene rings is 8. The Morgan fingerprint density at radius 2 is 0.915 bits per heavy atom. The molecule has 220 valence electrons. The standard InChI is InChI=1S/C44H27NO2/c1-2-10-33-28(9-1)19-20-30-23-26-32(27-39(30)33)45(40-16-8-15-38-36-12-4-6-18-42(36)47-44(38)40)31-24-21-29(22-25-31)34-13-7-14-37-35-11-3-5-17-41(35)46-43(34)37/h1-27H. The second-order valence-corrected chi connectivity index (χ2v) is 12.1. The molecule has 0 fully saturated rings. The molecule has 0 atom stereocenters. The zero-order valence-corrected chi connectivity index (χ0v) is 25.4. The number of hydrogen-bond acceptors (Lipinski definition) is 3. The third-order valence-corrected chi connectivity index (χ3v) is 9.45. The van der Waals surface area contributed by atoms with Crippen molar-refractivity contribution in [3.63, 3.8) is 0 Å². The minimum absolute atomic E-state index is 0.864. The van der Waals surface area contributed by atoms with Gasteiger partial charge in [0, 0.05) is 38.5 Å². The third kappa shape index (κ3) is 4.00. The third-order valence-electron chi connectivity index (χ3n) is 9.45. The number of hydrogen-bond donors (Lipinski definition) is 0. The van der Waals surface area contributed by atoms with E-state index in [0.717, 1.165) is 72.1 Å². The normalized spacial score (nSPS) is 11.8. The van der Waals surface area contributed by atoms with Gasteiger partial charge in [0.1, 0.15) is 16.7 Å². The molecule has 0 aliphatic rings. The van der Waals surface area contributed by atoms with Gasteiger partial charge in [-0.15, -0.1) is 0 Å². The van der Waals surface area contributed by atoms with Gasteiger partial charge in [-0.05, 0) is 69.6 Å². The van der Waals surface area contributed by atoms with E-state index in [1.807, 2.05) is 24.3 Å². The van der Waals surface area contributed by atoms with Gasteiger partial charge in [0.05, 0.1) is 5.69 Å². The predicted octanol–water partition coefficient (Wildman–Crippen LogP) is 12.9. The van der Waals surface area contributed by atoms with Gasteiger partial charge in [-0.25, -0.2) is 0 Å². The Morgan fingerprint density at radius 1 is 0.362 bits per heavy atom. The zero-order chi connectivity index (χ0) is 30.9. The highest BCUT2D eigenvalue weighted by molar-refractivity contribution is 6.13. The largest absolute Gasteiger partial charge is 0.455 e. The van der Waals surface area contributed by atoms with Crippen LogP contribution in [0.2, 0.25) is 0 Å². The summed E-state index contributed by atoms with van der Waals surface area (Å²) in [5, 5.41) is 9.37. The molecule has 0 amide bonds. The van der Waals surface area contributed by atoms with E-state index in [2.05, 4.69) is 144 Å². The number of furan rings is 2. The molecule has 0 saturated heterocycles. The highest BCUT2D eigenvalue weighted by Crippen LogP contribution is 2.44. The number of rotatable bonds is 4. The topological polar surface area (TPSA) is 29.5 Å². The summed E-state index contributed by atoms with van der Waals surface area (Å²) in [5.41, 5.74) is 8.83. The summed E-state index contributed by atoms with van der Waals surface area (Å²) in [7, 11) is 0. The van der Waals surface area contributed by atoms with Gasteiger partial charge in [0.25, 0.3) is 0 Å². The van der Waals surface area contributed by atoms with Crippen molar-refractivity contribution in [1.29, 1.82) is 0 Å². The maximum absolute atomic E-state index is 6.58. The molecular formula is C44H27NO2. The van der Waals surface area contributed by atoms with Crippen molar-refractivity contribution in [3.8, 4) is 11.1 Å². The predicted molar refractivity (Wildman–Crippen MR) is 196 cm³/mol. The molecule has 0 bridgehead atoms. The summed E-state index contributed by atoms with van der Waals surface area (Å²) in [6, 6.07) is 57.8. The minimum atomic E-state index is 0.864. The molecule has 0 radical (unpaired) electrons. The van der Waals surface area contributed by atoms with Crippen LogP contribution < -0.4 is 4.90 Å². The van der Waals surface area contributed by atoms with Gasteiger partial charge in [0.2, 0.25) is 0 Å². The van der Waals surface area contributed by atoms with Gasteiger partial charge < -0.3 is 13.7 Å². The molecule has 0 saturated carbocycles. The quantitative estimate of drug-likeness (QED) is 0.188. The molecule has 2 heterocycles. The molecule has 47 heavy (non-hydrogen) atoms. The van der Waals surface area contributed by atoms with Crippen LogP contribution in [-0.4, -0.2) is 0 Å². The monoisotopic (exact) mass is 601 g/mol. The van der Waals surface area contributed by atoms with Gasteiger partial charge >= 0.3 is 0 Å². The Bertz CT molecular complexity index is 2800. The van der Waals surface area contributed by atoms with Crippen molar-refractivity contribution in [2.45, 2.75) is 0 Å². The summed E-state index contributed by atoms with van der Waals surface area (Å²) < 4.78 is 13.0. The van der Waals surface area contributed by atoms with Gasteiger partial charge in [-0.1, -0.05) is 121 Å². The summed E-state index contributed by atoms with van der Waals surface area (Å²) in [5.74, 6) is 0. The fraction of sp³-hybridized carbons (Fsp3) is 0. The average molecular weight is 602 g/mol. The average Bonchev–Trinajstić information content (AvgIpc) is 3.71. The lowest BCUT2D eigenvalue weighted by atomic mass is 10.00. The molecule has 0 N–H and O–H groups in total. The molecule has 0 unspecified atom stereocenters. The maximum atomic E-state index is 6.58. The van der Waals surface area contributed by atoms with E-state index in [1.54, 1.807) is 0 Å². The number of para-hydroxylation sites is 4. The van der Waals surface area contributed by atoms with Crippen LogP contribution in [0.3, 0.4) is 0 Å². The first kappa shape index (κ1) is 26.0. The Labute approximate surface area is 270 Å². The molecule has 2 aromatic heterocycles. The smallest absolute Gasteiger partial charge is 0.159 e. The lowest BCUT2D eigenvalue weighted by Gasteiger charge is -2.26. The van der Waals surface area contributed by atoms with Crippen LogP contribution in [-0.2, 0) is 0 Å². The van der Waals surface area contributed by atoms with Crippen molar-refractivity contribution in [3.05, 3.63) is 164 Å². The van der Waals surface area contributed by atoms with E-state index < -0.39 is 0 Å². The van der Waals surface area contributed by atoms with Crippen LogP contribution in [0.4, 0.5) is 17.1 Å².